The molecule has 0 saturated carbocycles. The Labute approximate surface area is 210 Å². The molecule has 1 aromatic rings. The van der Waals surface area contributed by atoms with Gasteiger partial charge in [0.05, 0.1) is 41.2 Å². The lowest BCUT2D eigenvalue weighted by Gasteiger charge is -2.23. The molecule has 0 aliphatic heterocycles. The van der Waals surface area contributed by atoms with Crippen molar-refractivity contribution in [2.75, 3.05) is 56.3 Å². The fraction of sp³-hybridized carbons (Fsp3) is 0.714. The van der Waals surface area contributed by atoms with Gasteiger partial charge in [-0.15, -0.1) is 15.2 Å². The van der Waals surface area contributed by atoms with Crippen molar-refractivity contribution in [3.8, 4) is 0 Å². The van der Waals surface area contributed by atoms with Gasteiger partial charge in [0.1, 0.15) is 0 Å². The smallest absolute Gasteiger partial charge is 0.441 e. The molecular weight excluding hydrogens is 480 g/mol. The van der Waals surface area contributed by atoms with Crippen LogP contribution in [0.2, 0.25) is 0 Å². The first-order chi connectivity index (χ1) is 17.4. The molecule has 0 spiro atoms. The molecule has 3 amide bonds. The second kappa shape index (κ2) is 17.2. The minimum atomic E-state index is -0.932. The van der Waals surface area contributed by atoms with Crippen LogP contribution in [0.5, 0.6) is 0 Å². The first kappa shape index (κ1) is 30.7. The van der Waals surface area contributed by atoms with E-state index in [2.05, 4.69) is 15.0 Å². The van der Waals surface area contributed by atoms with E-state index in [-0.39, 0.29) is 19.8 Å². The van der Waals surface area contributed by atoms with Gasteiger partial charge in [-0.2, -0.15) is 15.0 Å². The van der Waals surface area contributed by atoms with Gasteiger partial charge in [0.15, 0.2) is 0 Å². The topological polar surface area (TPSA) is 155 Å². The Hall–Kier alpha value is -3.30. The number of carbonyl (C=O) groups is 3. The van der Waals surface area contributed by atoms with E-state index in [1.165, 1.54) is 21.3 Å². The van der Waals surface area contributed by atoms with Gasteiger partial charge in [-0.05, 0) is 19.3 Å². The third-order valence-corrected chi connectivity index (χ3v) is 4.36. The summed E-state index contributed by atoms with van der Waals surface area (Å²) < 4.78 is 15.5. The molecule has 36 heavy (non-hydrogen) atoms. The van der Waals surface area contributed by atoms with E-state index in [4.69, 9.17) is 28.7 Å². The maximum atomic E-state index is 12.6. The number of rotatable bonds is 15. The van der Waals surface area contributed by atoms with Crippen LogP contribution in [0.15, 0.2) is 0 Å². The first-order valence-electron chi connectivity index (χ1n) is 11.7. The van der Waals surface area contributed by atoms with Crippen LogP contribution in [0.3, 0.4) is 0 Å². The van der Waals surface area contributed by atoms with Crippen molar-refractivity contribution in [3.63, 3.8) is 0 Å². The highest BCUT2D eigenvalue weighted by molar-refractivity contribution is 5.87. The van der Waals surface area contributed by atoms with Gasteiger partial charge >= 0.3 is 18.3 Å². The van der Waals surface area contributed by atoms with Crippen LogP contribution in [0.25, 0.3) is 0 Å². The highest BCUT2D eigenvalue weighted by Crippen LogP contribution is 2.22. The largest absolute Gasteiger partial charge is 0.448 e. The Morgan fingerprint density at radius 2 is 0.806 bits per heavy atom. The molecule has 15 heteroatoms. The van der Waals surface area contributed by atoms with Crippen LogP contribution >= 0.6 is 0 Å². The van der Waals surface area contributed by atoms with Gasteiger partial charge in [0, 0.05) is 0 Å². The molecular formula is C21H36N6O9. The van der Waals surface area contributed by atoms with Crippen LogP contribution in [0.1, 0.15) is 59.3 Å². The van der Waals surface area contributed by atoms with Crippen molar-refractivity contribution in [1.82, 2.24) is 15.0 Å². The number of aromatic nitrogens is 3. The van der Waals surface area contributed by atoms with E-state index in [9.17, 15) is 14.4 Å². The lowest BCUT2D eigenvalue weighted by molar-refractivity contribution is 0.0920. The van der Waals surface area contributed by atoms with Crippen LogP contribution < -0.4 is 15.2 Å². The summed E-state index contributed by atoms with van der Waals surface area (Å²) >= 11 is 0. The average Bonchev–Trinajstić information content (AvgIpc) is 2.86. The van der Waals surface area contributed by atoms with Crippen LogP contribution in [-0.4, -0.2) is 74.4 Å². The SMILES string of the molecule is CCCCOC(=O)N(OC)c1nc(N(OC)C(=O)OCCCC)nc(N(OC)C(=O)OCCCC)n1. The van der Waals surface area contributed by atoms with Crippen LogP contribution in [0.4, 0.5) is 32.2 Å². The number of hydroxylamine groups is 3. The van der Waals surface area contributed by atoms with E-state index in [0.717, 1.165) is 19.3 Å². The van der Waals surface area contributed by atoms with Gasteiger partial charge in [-0.1, -0.05) is 40.0 Å². The normalized spacial score (nSPS) is 10.5. The minimum Gasteiger partial charge on any atom is -0.448 e. The van der Waals surface area contributed by atoms with Crippen molar-refractivity contribution >= 4 is 36.1 Å². The summed E-state index contributed by atoms with van der Waals surface area (Å²) in [4.78, 5) is 65.2. The Morgan fingerprint density at radius 3 is 1.00 bits per heavy atom. The summed E-state index contributed by atoms with van der Waals surface area (Å²) in [5.41, 5.74) is 0. The van der Waals surface area contributed by atoms with Crippen molar-refractivity contribution < 1.29 is 43.1 Å². The summed E-state index contributed by atoms with van der Waals surface area (Å²) in [6, 6.07) is 0. The molecule has 0 saturated heterocycles. The molecule has 1 aromatic heterocycles. The van der Waals surface area contributed by atoms with Crippen LogP contribution in [-0.2, 0) is 28.7 Å². The highest BCUT2D eigenvalue weighted by atomic mass is 16.7. The number of ether oxygens (including phenoxy) is 3. The van der Waals surface area contributed by atoms with Gasteiger partial charge in [0.25, 0.3) is 17.8 Å². The lowest BCUT2D eigenvalue weighted by Crippen LogP contribution is -2.38. The summed E-state index contributed by atoms with van der Waals surface area (Å²) in [6.07, 6.45) is 1.47. The number of amides is 3. The number of hydrogen-bond donors (Lipinski definition) is 0. The third kappa shape index (κ3) is 9.39. The average molecular weight is 517 g/mol. The lowest BCUT2D eigenvalue weighted by atomic mass is 10.4. The monoisotopic (exact) mass is 516 g/mol. The molecule has 0 radical (unpaired) electrons. The Morgan fingerprint density at radius 1 is 0.556 bits per heavy atom. The van der Waals surface area contributed by atoms with E-state index in [1.54, 1.807) is 0 Å². The zero-order valence-corrected chi connectivity index (χ0v) is 21.7. The van der Waals surface area contributed by atoms with E-state index in [0.29, 0.717) is 34.5 Å². The van der Waals surface area contributed by atoms with E-state index < -0.39 is 36.1 Å². The fourth-order valence-electron chi connectivity index (χ4n) is 2.42. The zero-order chi connectivity index (χ0) is 26.9. The Balaban J connectivity index is 3.45. The standard InChI is InChI=1S/C21H36N6O9/c1-7-10-13-34-19(28)25(31-4)16-22-17(26(32-5)20(29)35-14-11-8-2)24-18(23-16)27(33-6)21(30)36-15-12-9-3/h7-15H2,1-6H3. The first-order valence-corrected chi connectivity index (χ1v) is 11.7. The van der Waals surface area contributed by atoms with E-state index in [1.807, 2.05) is 20.8 Å². The Bertz CT molecular complexity index is 712. The highest BCUT2D eigenvalue weighted by Gasteiger charge is 2.30. The van der Waals surface area contributed by atoms with Crippen molar-refractivity contribution in [2.24, 2.45) is 0 Å². The molecule has 1 rings (SSSR count). The van der Waals surface area contributed by atoms with Gasteiger partial charge in [-0.25, -0.2) is 14.4 Å². The van der Waals surface area contributed by atoms with Gasteiger partial charge in [0.2, 0.25) is 0 Å². The number of anilines is 3. The van der Waals surface area contributed by atoms with Gasteiger partial charge in [-0.3, -0.25) is 14.5 Å². The van der Waals surface area contributed by atoms with Crippen molar-refractivity contribution in [3.05, 3.63) is 0 Å². The van der Waals surface area contributed by atoms with Gasteiger partial charge < -0.3 is 14.2 Å². The van der Waals surface area contributed by atoms with Crippen molar-refractivity contribution in [2.45, 2.75) is 59.3 Å². The zero-order valence-electron chi connectivity index (χ0n) is 21.7. The summed E-state index contributed by atoms with van der Waals surface area (Å²) in [5, 5.41) is 1.87. The second-order valence-corrected chi connectivity index (χ2v) is 7.07. The maximum Gasteiger partial charge on any atom is 0.441 e. The number of nitrogens with zero attached hydrogens (tertiary/aromatic N) is 6. The maximum absolute atomic E-state index is 12.6. The number of hydrogen-bond acceptors (Lipinski definition) is 12. The molecule has 0 aliphatic carbocycles. The molecule has 0 bridgehead atoms. The predicted molar refractivity (Wildman–Crippen MR) is 127 cm³/mol. The van der Waals surface area contributed by atoms with E-state index >= 15 is 0 Å². The molecule has 0 fully saturated rings. The molecule has 0 N–H and O–H groups in total. The summed E-state index contributed by atoms with van der Waals surface area (Å²) in [5.74, 6) is -1.28. The molecule has 0 aromatic carbocycles. The second-order valence-electron chi connectivity index (χ2n) is 7.07. The van der Waals surface area contributed by atoms with Crippen LogP contribution in [0, 0.1) is 0 Å². The molecule has 0 aliphatic rings. The summed E-state index contributed by atoms with van der Waals surface area (Å²) in [7, 11) is 3.55. The Kier molecular flexibility index (Phi) is 14.7. The quantitative estimate of drug-likeness (QED) is 0.189. The minimum absolute atomic E-state index is 0.127. The molecule has 1 heterocycles. The fourth-order valence-corrected chi connectivity index (χ4v) is 2.42. The number of carbonyl (C=O) groups excluding carboxylic acids is 3. The van der Waals surface area contributed by atoms with Crippen molar-refractivity contribution in [1.29, 1.82) is 0 Å². The summed E-state index contributed by atoms with van der Waals surface area (Å²) in [6.45, 7) is 6.19. The third-order valence-electron chi connectivity index (χ3n) is 4.36. The molecule has 204 valence electrons. The molecule has 0 atom stereocenters. The number of unbranched alkanes of at least 4 members (excludes halogenated alkanes) is 3. The molecule has 15 nitrogen and oxygen atoms in total. The molecule has 0 unspecified atom stereocenters. The predicted octanol–water partition coefficient (Wildman–Crippen LogP) is 3.79.